The van der Waals surface area contributed by atoms with Gasteiger partial charge < -0.3 is 10.6 Å². The van der Waals surface area contributed by atoms with Crippen molar-refractivity contribution in [3.63, 3.8) is 0 Å². The molecule has 4 nitrogen and oxygen atoms in total. The van der Waals surface area contributed by atoms with Crippen LogP contribution in [-0.2, 0) is 16.0 Å². The summed E-state index contributed by atoms with van der Waals surface area (Å²) in [6.07, 6.45) is 0.278. The van der Waals surface area contributed by atoms with Crippen LogP contribution in [0, 0.1) is 6.92 Å². The lowest BCUT2D eigenvalue weighted by atomic mass is 10.1. The fraction of sp³-hybridized carbons (Fsp3) is 0.176. The lowest BCUT2D eigenvalue weighted by Crippen LogP contribution is -2.33. The molecule has 2 rings (SSSR count). The van der Waals surface area contributed by atoms with Gasteiger partial charge in [-0.15, -0.1) is 0 Å². The van der Waals surface area contributed by atoms with Crippen molar-refractivity contribution in [3.05, 3.63) is 65.7 Å². The Morgan fingerprint density at radius 2 is 1.71 bits per heavy atom. The highest BCUT2D eigenvalue weighted by Crippen LogP contribution is 2.05. The molecule has 0 radical (unpaired) electrons. The topological polar surface area (TPSA) is 58.2 Å². The molecular weight excluding hydrogens is 264 g/mol. The van der Waals surface area contributed by atoms with Gasteiger partial charge in [0.05, 0.1) is 13.0 Å². The molecule has 2 aromatic rings. The van der Waals surface area contributed by atoms with Crippen LogP contribution in [0.1, 0.15) is 11.1 Å². The highest BCUT2D eigenvalue weighted by atomic mass is 16.2. The van der Waals surface area contributed by atoms with E-state index in [1.165, 1.54) is 0 Å². The molecule has 0 aliphatic rings. The molecule has 0 aliphatic carbocycles. The minimum absolute atomic E-state index is 0.0282. The largest absolute Gasteiger partial charge is 0.347 e. The first-order valence-electron chi connectivity index (χ1n) is 6.80. The number of nitrogens with one attached hydrogen (secondary N) is 2. The van der Waals surface area contributed by atoms with Gasteiger partial charge in [-0.25, -0.2) is 0 Å². The Bertz CT molecular complexity index is 624. The van der Waals surface area contributed by atoms with E-state index >= 15 is 0 Å². The molecule has 0 heterocycles. The first-order valence-corrected chi connectivity index (χ1v) is 6.80. The summed E-state index contributed by atoms with van der Waals surface area (Å²) >= 11 is 0. The van der Waals surface area contributed by atoms with Crippen molar-refractivity contribution in [2.75, 3.05) is 11.9 Å². The normalized spacial score (nSPS) is 9.95. The van der Waals surface area contributed by atoms with E-state index in [0.717, 1.165) is 16.8 Å². The molecule has 0 atom stereocenters. The molecule has 0 saturated carbocycles. The van der Waals surface area contributed by atoms with E-state index < -0.39 is 0 Å². The zero-order valence-corrected chi connectivity index (χ0v) is 11.9. The molecule has 0 spiro atoms. The van der Waals surface area contributed by atoms with Crippen molar-refractivity contribution >= 4 is 17.5 Å². The Morgan fingerprint density at radius 1 is 0.952 bits per heavy atom. The van der Waals surface area contributed by atoms with Crippen LogP contribution in [0.2, 0.25) is 0 Å². The molecule has 0 aromatic heterocycles. The van der Waals surface area contributed by atoms with E-state index in [9.17, 15) is 9.59 Å². The summed E-state index contributed by atoms with van der Waals surface area (Å²) in [5, 5.41) is 5.34. The quantitative estimate of drug-likeness (QED) is 0.884. The van der Waals surface area contributed by atoms with Crippen LogP contribution in [0.4, 0.5) is 5.69 Å². The maximum Gasteiger partial charge on any atom is 0.243 e. The summed E-state index contributed by atoms with van der Waals surface area (Å²) in [4.78, 5) is 23.5. The van der Waals surface area contributed by atoms with Gasteiger partial charge in [-0.05, 0) is 24.6 Å². The molecule has 2 aromatic carbocycles. The van der Waals surface area contributed by atoms with Gasteiger partial charge in [0.15, 0.2) is 0 Å². The minimum Gasteiger partial charge on any atom is -0.347 e. The van der Waals surface area contributed by atoms with Gasteiger partial charge in [0.1, 0.15) is 0 Å². The number of hydrogen-bond donors (Lipinski definition) is 2. The van der Waals surface area contributed by atoms with Crippen LogP contribution in [-0.4, -0.2) is 18.4 Å². The molecule has 0 fully saturated rings. The smallest absolute Gasteiger partial charge is 0.243 e. The number of hydrogen-bond acceptors (Lipinski definition) is 2. The summed E-state index contributed by atoms with van der Waals surface area (Å²) in [5.41, 5.74) is 2.77. The second-order valence-electron chi connectivity index (χ2n) is 4.86. The zero-order chi connectivity index (χ0) is 15.1. The van der Waals surface area contributed by atoms with E-state index in [1.807, 2.05) is 49.4 Å². The Hall–Kier alpha value is -2.62. The van der Waals surface area contributed by atoms with Crippen LogP contribution in [0.25, 0.3) is 0 Å². The Kier molecular flexibility index (Phi) is 5.10. The summed E-state index contributed by atoms with van der Waals surface area (Å²) in [5.74, 6) is -0.400. The van der Waals surface area contributed by atoms with E-state index in [-0.39, 0.29) is 24.8 Å². The standard InChI is InChI=1S/C17H18N2O2/c1-13-6-5-7-14(10-13)11-16(20)18-12-17(21)19-15-8-3-2-4-9-15/h2-10H,11-12H2,1H3,(H,18,20)(H,19,21). The second-order valence-corrected chi connectivity index (χ2v) is 4.86. The number of carbonyl (C=O) groups excluding carboxylic acids is 2. The average Bonchev–Trinajstić information content (AvgIpc) is 2.46. The van der Waals surface area contributed by atoms with E-state index in [0.29, 0.717) is 0 Å². The summed E-state index contributed by atoms with van der Waals surface area (Å²) in [6, 6.07) is 16.9. The highest BCUT2D eigenvalue weighted by Gasteiger charge is 2.06. The molecule has 2 N–H and O–H groups in total. The van der Waals surface area contributed by atoms with Crippen molar-refractivity contribution in [1.82, 2.24) is 5.32 Å². The molecular formula is C17H18N2O2. The summed E-state index contributed by atoms with van der Waals surface area (Å²) in [7, 11) is 0. The number of carbonyl (C=O) groups is 2. The minimum atomic E-state index is -0.237. The first kappa shape index (κ1) is 14.8. The lowest BCUT2D eigenvalue weighted by molar-refractivity contribution is -0.123. The third kappa shape index (κ3) is 5.10. The van der Waals surface area contributed by atoms with Crippen LogP contribution < -0.4 is 10.6 Å². The number of amides is 2. The zero-order valence-electron chi connectivity index (χ0n) is 11.9. The van der Waals surface area contributed by atoms with Crippen LogP contribution in [0.5, 0.6) is 0 Å². The fourth-order valence-electron chi connectivity index (χ4n) is 1.98. The number of benzene rings is 2. The van der Waals surface area contributed by atoms with Gasteiger partial charge in [-0.2, -0.15) is 0 Å². The van der Waals surface area contributed by atoms with Gasteiger partial charge in [-0.1, -0.05) is 48.0 Å². The average molecular weight is 282 g/mol. The van der Waals surface area contributed by atoms with Crippen molar-refractivity contribution in [3.8, 4) is 0 Å². The molecule has 0 unspecified atom stereocenters. The first-order chi connectivity index (χ1) is 10.1. The molecule has 4 heteroatoms. The third-order valence-electron chi connectivity index (χ3n) is 2.95. The van der Waals surface area contributed by atoms with Gasteiger partial charge in [0.25, 0.3) is 0 Å². The molecule has 21 heavy (non-hydrogen) atoms. The van der Waals surface area contributed by atoms with Gasteiger partial charge in [0, 0.05) is 5.69 Å². The maximum atomic E-state index is 11.8. The molecule has 2 amide bonds. The summed E-state index contributed by atoms with van der Waals surface area (Å²) < 4.78 is 0. The summed E-state index contributed by atoms with van der Waals surface area (Å²) in [6.45, 7) is 1.95. The Labute approximate surface area is 124 Å². The SMILES string of the molecule is Cc1cccc(CC(=O)NCC(=O)Nc2ccccc2)c1. The maximum absolute atomic E-state index is 11.8. The molecule has 108 valence electrons. The number of para-hydroxylation sites is 1. The predicted molar refractivity (Wildman–Crippen MR) is 83.0 cm³/mol. The number of aryl methyl sites for hydroxylation is 1. The van der Waals surface area contributed by atoms with Gasteiger partial charge >= 0.3 is 0 Å². The van der Waals surface area contributed by atoms with Crippen molar-refractivity contribution < 1.29 is 9.59 Å². The molecule has 0 bridgehead atoms. The second kappa shape index (κ2) is 7.24. The Balaban J connectivity index is 1.77. The monoisotopic (exact) mass is 282 g/mol. The number of rotatable bonds is 5. The van der Waals surface area contributed by atoms with E-state index in [4.69, 9.17) is 0 Å². The van der Waals surface area contributed by atoms with E-state index in [2.05, 4.69) is 10.6 Å². The Morgan fingerprint density at radius 3 is 2.43 bits per heavy atom. The van der Waals surface area contributed by atoms with Crippen molar-refractivity contribution in [1.29, 1.82) is 0 Å². The van der Waals surface area contributed by atoms with Gasteiger partial charge in [-0.3, -0.25) is 9.59 Å². The number of anilines is 1. The van der Waals surface area contributed by atoms with E-state index in [1.54, 1.807) is 12.1 Å². The molecule has 0 aliphatic heterocycles. The third-order valence-corrected chi connectivity index (χ3v) is 2.95. The molecule has 0 saturated heterocycles. The highest BCUT2D eigenvalue weighted by molar-refractivity contribution is 5.94. The lowest BCUT2D eigenvalue weighted by Gasteiger charge is -2.07. The predicted octanol–water partition coefficient (Wildman–Crippen LogP) is 2.29. The fourth-order valence-corrected chi connectivity index (χ4v) is 1.98. The van der Waals surface area contributed by atoms with Crippen LogP contribution >= 0.6 is 0 Å². The van der Waals surface area contributed by atoms with Crippen LogP contribution in [0.15, 0.2) is 54.6 Å². The van der Waals surface area contributed by atoms with Crippen LogP contribution in [0.3, 0.4) is 0 Å². The van der Waals surface area contributed by atoms with Crippen molar-refractivity contribution in [2.24, 2.45) is 0 Å². The van der Waals surface area contributed by atoms with Gasteiger partial charge in [0.2, 0.25) is 11.8 Å². The van der Waals surface area contributed by atoms with Crippen molar-refractivity contribution in [2.45, 2.75) is 13.3 Å².